The zero-order valence-electron chi connectivity index (χ0n) is 11.5. The van der Waals surface area contributed by atoms with E-state index in [-0.39, 0.29) is 6.04 Å². The zero-order valence-corrected chi connectivity index (χ0v) is 12.3. The number of aromatic amines is 1. The lowest BCUT2D eigenvalue weighted by molar-refractivity contribution is 0.881. The second kappa shape index (κ2) is 4.86. The molecule has 21 heavy (non-hydrogen) atoms. The van der Waals surface area contributed by atoms with E-state index < -0.39 is 0 Å². The number of anilines is 1. The van der Waals surface area contributed by atoms with E-state index in [1.807, 2.05) is 30.6 Å². The minimum atomic E-state index is 0.179. The lowest BCUT2D eigenvalue weighted by Crippen LogP contribution is -2.07. The predicted molar refractivity (Wildman–Crippen MR) is 87.8 cm³/mol. The van der Waals surface area contributed by atoms with Gasteiger partial charge in [-0.1, -0.05) is 12.1 Å². The normalized spacial score (nSPS) is 12.8. The molecule has 0 amide bonds. The third kappa shape index (κ3) is 2.15. The molecule has 0 aliphatic heterocycles. The fourth-order valence-electron chi connectivity index (χ4n) is 2.50. The van der Waals surface area contributed by atoms with Gasteiger partial charge in [0.05, 0.1) is 33.7 Å². The summed E-state index contributed by atoms with van der Waals surface area (Å²) in [6.45, 7) is 2.14. The Morgan fingerprint density at radius 2 is 2.19 bits per heavy atom. The summed E-state index contributed by atoms with van der Waals surface area (Å²) in [7, 11) is 0. The average Bonchev–Trinajstić information content (AvgIpc) is 3.15. The average molecular weight is 294 g/mol. The van der Waals surface area contributed by atoms with Crippen molar-refractivity contribution in [3.63, 3.8) is 0 Å². The number of thiophene rings is 1. The first-order chi connectivity index (χ1) is 10.3. The van der Waals surface area contributed by atoms with Gasteiger partial charge in [0.2, 0.25) is 0 Å². The Morgan fingerprint density at radius 3 is 3.14 bits per heavy atom. The van der Waals surface area contributed by atoms with Crippen molar-refractivity contribution in [1.29, 1.82) is 0 Å². The number of benzene rings is 1. The minimum Gasteiger partial charge on any atom is -0.377 e. The molecule has 0 aliphatic carbocycles. The lowest BCUT2D eigenvalue weighted by Gasteiger charge is -2.16. The standard InChI is InChI=1S/C16H14N4S/c1-10(12-7-15-13(17-8-12)5-6-21-15)19-14-4-2-3-11-9-18-20-16(11)14/h2-10,19H,1H3,(H,18,20). The molecular weight excluding hydrogens is 280 g/mol. The first kappa shape index (κ1) is 12.3. The summed E-state index contributed by atoms with van der Waals surface area (Å²) >= 11 is 1.72. The minimum absolute atomic E-state index is 0.179. The van der Waals surface area contributed by atoms with E-state index in [4.69, 9.17) is 0 Å². The smallest absolute Gasteiger partial charge is 0.0881 e. The zero-order chi connectivity index (χ0) is 14.2. The van der Waals surface area contributed by atoms with Crippen LogP contribution < -0.4 is 5.32 Å². The van der Waals surface area contributed by atoms with E-state index in [0.29, 0.717) is 0 Å². The highest BCUT2D eigenvalue weighted by Gasteiger charge is 2.10. The van der Waals surface area contributed by atoms with Gasteiger partial charge in [0, 0.05) is 11.6 Å². The van der Waals surface area contributed by atoms with Crippen molar-refractivity contribution in [1.82, 2.24) is 15.2 Å². The molecule has 104 valence electrons. The van der Waals surface area contributed by atoms with Crippen molar-refractivity contribution >= 4 is 38.1 Å². The number of aromatic nitrogens is 3. The van der Waals surface area contributed by atoms with Crippen LogP contribution in [0.2, 0.25) is 0 Å². The van der Waals surface area contributed by atoms with Crippen LogP contribution in [0.3, 0.4) is 0 Å². The van der Waals surface area contributed by atoms with Gasteiger partial charge in [-0.2, -0.15) is 5.10 Å². The largest absolute Gasteiger partial charge is 0.377 e. The Morgan fingerprint density at radius 1 is 1.24 bits per heavy atom. The second-order valence-corrected chi connectivity index (χ2v) is 6.03. The molecule has 0 spiro atoms. The first-order valence-corrected chi connectivity index (χ1v) is 7.71. The number of hydrogen-bond donors (Lipinski definition) is 2. The van der Waals surface area contributed by atoms with Gasteiger partial charge in [-0.15, -0.1) is 11.3 Å². The van der Waals surface area contributed by atoms with Crippen LogP contribution in [0.4, 0.5) is 5.69 Å². The van der Waals surface area contributed by atoms with Gasteiger partial charge in [0.25, 0.3) is 0 Å². The van der Waals surface area contributed by atoms with Gasteiger partial charge in [-0.05, 0) is 36.1 Å². The molecule has 1 unspecified atom stereocenters. The summed E-state index contributed by atoms with van der Waals surface area (Å²) in [6, 6.07) is 10.6. The molecule has 0 fully saturated rings. The third-order valence-corrected chi connectivity index (χ3v) is 4.53. The molecular formula is C16H14N4S. The monoisotopic (exact) mass is 294 g/mol. The molecule has 4 aromatic rings. The van der Waals surface area contributed by atoms with Crippen LogP contribution in [0.5, 0.6) is 0 Å². The number of pyridine rings is 1. The molecule has 5 heteroatoms. The molecule has 4 nitrogen and oxygen atoms in total. The molecule has 1 aromatic carbocycles. The van der Waals surface area contributed by atoms with Crippen molar-refractivity contribution in [2.75, 3.05) is 5.32 Å². The molecule has 0 bridgehead atoms. The highest BCUT2D eigenvalue weighted by Crippen LogP contribution is 2.27. The van der Waals surface area contributed by atoms with Crippen LogP contribution in [0, 0.1) is 0 Å². The number of H-pyrrole nitrogens is 1. The Hall–Kier alpha value is -2.40. The van der Waals surface area contributed by atoms with Gasteiger partial charge in [-0.25, -0.2) is 0 Å². The topological polar surface area (TPSA) is 53.6 Å². The van der Waals surface area contributed by atoms with Crippen molar-refractivity contribution in [3.05, 3.63) is 53.7 Å². The van der Waals surface area contributed by atoms with Crippen molar-refractivity contribution < 1.29 is 0 Å². The Labute approximate surface area is 125 Å². The van der Waals surface area contributed by atoms with Gasteiger partial charge in [-0.3, -0.25) is 10.1 Å². The van der Waals surface area contributed by atoms with Crippen molar-refractivity contribution in [3.8, 4) is 0 Å². The quantitative estimate of drug-likeness (QED) is 0.591. The summed E-state index contributed by atoms with van der Waals surface area (Å²) in [4.78, 5) is 4.51. The first-order valence-electron chi connectivity index (χ1n) is 6.83. The Balaban J connectivity index is 1.68. The number of hydrogen-bond acceptors (Lipinski definition) is 4. The van der Waals surface area contributed by atoms with E-state index in [9.17, 15) is 0 Å². The molecule has 0 radical (unpaired) electrons. The van der Waals surface area contributed by atoms with Crippen LogP contribution in [0.15, 0.2) is 48.1 Å². The number of fused-ring (bicyclic) bond motifs is 2. The molecule has 0 saturated heterocycles. The maximum atomic E-state index is 4.51. The Bertz CT molecular complexity index is 909. The SMILES string of the molecule is CC(Nc1cccc2cn[nH]c12)c1cnc2ccsc2c1. The molecule has 3 aromatic heterocycles. The second-order valence-electron chi connectivity index (χ2n) is 5.08. The van der Waals surface area contributed by atoms with Crippen LogP contribution in [-0.4, -0.2) is 15.2 Å². The fourth-order valence-corrected chi connectivity index (χ4v) is 3.29. The van der Waals surface area contributed by atoms with Crippen molar-refractivity contribution in [2.45, 2.75) is 13.0 Å². The van der Waals surface area contributed by atoms with Gasteiger partial charge >= 0.3 is 0 Å². The van der Waals surface area contributed by atoms with E-state index >= 15 is 0 Å². The third-order valence-electron chi connectivity index (χ3n) is 3.67. The van der Waals surface area contributed by atoms with Crippen LogP contribution in [-0.2, 0) is 0 Å². The summed E-state index contributed by atoms with van der Waals surface area (Å²) in [5, 5.41) is 13.9. The molecule has 0 saturated carbocycles. The molecule has 0 aliphatic rings. The predicted octanol–water partition coefficient (Wildman–Crippen LogP) is 4.35. The molecule has 1 atom stereocenters. The maximum absolute atomic E-state index is 4.51. The number of nitrogens with zero attached hydrogens (tertiary/aromatic N) is 2. The summed E-state index contributed by atoms with van der Waals surface area (Å²) in [5.41, 5.74) is 4.34. The fraction of sp³-hybridized carbons (Fsp3) is 0.125. The van der Waals surface area contributed by atoms with Crippen LogP contribution in [0.25, 0.3) is 21.1 Å². The van der Waals surface area contributed by atoms with E-state index in [0.717, 1.165) is 22.1 Å². The summed E-state index contributed by atoms with van der Waals surface area (Å²) < 4.78 is 1.22. The molecule has 3 heterocycles. The summed E-state index contributed by atoms with van der Waals surface area (Å²) in [5.74, 6) is 0. The van der Waals surface area contributed by atoms with E-state index in [1.165, 1.54) is 10.3 Å². The van der Waals surface area contributed by atoms with Gasteiger partial charge < -0.3 is 5.32 Å². The maximum Gasteiger partial charge on any atom is 0.0881 e. The highest BCUT2D eigenvalue weighted by atomic mass is 32.1. The lowest BCUT2D eigenvalue weighted by atomic mass is 10.1. The van der Waals surface area contributed by atoms with Crippen molar-refractivity contribution in [2.24, 2.45) is 0 Å². The van der Waals surface area contributed by atoms with Crippen LogP contribution in [0.1, 0.15) is 18.5 Å². The highest BCUT2D eigenvalue weighted by molar-refractivity contribution is 7.17. The Kier molecular flexibility index (Phi) is 2.86. The number of rotatable bonds is 3. The van der Waals surface area contributed by atoms with Crippen LogP contribution >= 0.6 is 11.3 Å². The van der Waals surface area contributed by atoms with Gasteiger partial charge in [0.15, 0.2) is 0 Å². The number of nitrogens with one attached hydrogen (secondary N) is 2. The van der Waals surface area contributed by atoms with E-state index in [1.54, 1.807) is 11.3 Å². The van der Waals surface area contributed by atoms with E-state index in [2.05, 4.69) is 44.9 Å². The molecule has 2 N–H and O–H groups in total. The molecule has 4 rings (SSSR count). The van der Waals surface area contributed by atoms with Gasteiger partial charge in [0.1, 0.15) is 0 Å². The number of para-hydroxylation sites is 1. The summed E-state index contributed by atoms with van der Waals surface area (Å²) in [6.07, 6.45) is 3.78.